The molecule has 0 saturated carbocycles. The Balaban J connectivity index is 1.91. The smallest absolute Gasteiger partial charge is 0.344 e. The number of hydrogen-bond acceptors (Lipinski definition) is 6. The standard InChI is InChI=1S/C31H40O6/c1-4-7-11-18-34-28(32)21-36-30-24-14-9-10-15-25(24)31(37-22-29(33)35-19-12-8-5-2)27-20-23(13-6-3)16-17-26(27)30/h9-10,14-17,20H,4-8,11-13,18-19,21-22H2,1-3H3. The van der Waals surface area contributed by atoms with E-state index >= 15 is 0 Å². The Hall–Kier alpha value is -3.28. The minimum Gasteiger partial charge on any atom is -0.481 e. The number of benzene rings is 3. The molecule has 0 amide bonds. The van der Waals surface area contributed by atoms with Crippen LogP contribution in [0.5, 0.6) is 11.5 Å². The molecule has 0 bridgehead atoms. The van der Waals surface area contributed by atoms with E-state index in [4.69, 9.17) is 18.9 Å². The molecule has 0 aliphatic carbocycles. The normalized spacial score (nSPS) is 11.0. The Morgan fingerprint density at radius 1 is 0.622 bits per heavy atom. The highest BCUT2D eigenvalue weighted by Gasteiger charge is 2.19. The summed E-state index contributed by atoms with van der Waals surface area (Å²) in [5.41, 5.74) is 1.17. The molecule has 6 nitrogen and oxygen atoms in total. The molecular formula is C31H40O6. The first-order valence-corrected chi connectivity index (χ1v) is 13.6. The van der Waals surface area contributed by atoms with Gasteiger partial charge in [0, 0.05) is 21.5 Å². The summed E-state index contributed by atoms with van der Waals surface area (Å²) < 4.78 is 22.9. The van der Waals surface area contributed by atoms with Crippen molar-refractivity contribution in [1.29, 1.82) is 0 Å². The average Bonchev–Trinajstić information content (AvgIpc) is 2.91. The summed E-state index contributed by atoms with van der Waals surface area (Å²) in [6.45, 7) is 6.81. The molecule has 0 radical (unpaired) electrons. The fraction of sp³-hybridized carbons (Fsp3) is 0.484. The highest BCUT2D eigenvalue weighted by Crippen LogP contribution is 2.43. The molecule has 0 spiro atoms. The Morgan fingerprint density at radius 3 is 1.65 bits per heavy atom. The number of ether oxygens (including phenoxy) is 4. The van der Waals surface area contributed by atoms with Crippen LogP contribution < -0.4 is 9.47 Å². The van der Waals surface area contributed by atoms with Crippen LogP contribution in [0.15, 0.2) is 42.5 Å². The molecule has 3 aromatic rings. The van der Waals surface area contributed by atoms with E-state index in [0.29, 0.717) is 24.7 Å². The molecule has 3 aromatic carbocycles. The molecule has 0 aliphatic heterocycles. The van der Waals surface area contributed by atoms with Crippen LogP contribution in [0.1, 0.15) is 71.3 Å². The average molecular weight is 509 g/mol. The van der Waals surface area contributed by atoms with E-state index in [9.17, 15) is 9.59 Å². The van der Waals surface area contributed by atoms with Crippen molar-refractivity contribution in [3.63, 3.8) is 0 Å². The van der Waals surface area contributed by atoms with E-state index in [1.807, 2.05) is 30.3 Å². The van der Waals surface area contributed by atoms with Crippen molar-refractivity contribution in [1.82, 2.24) is 0 Å². The van der Waals surface area contributed by atoms with Gasteiger partial charge in [-0.2, -0.15) is 0 Å². The van der Waals surface area contributed by atoms with Crippen molar-refractivity contribution in [2.24, 2.45) is 0 Å². The predicted molar refractivity (Wildman–Crippen MR) is 147 cm³/mol. The van der Waals surface area contributed by atoms with Crippen LogP contribution in [0, 0.1) is 0 Å². The number of carbonyl (C=O) groups excluding carboxylic acids is 2. The lowest BCUT2D eigenvalue weighted by Gasteiger charge is -2.18. The van der Waals surface area contributed by atoms with Crippen molar-refractivity contribution in [3.05, 3.63) is 48.0 Å². The van der Waals surface area contributed by atoms with E-state index in [1.54, 1.807) is 0 Å². The minimum absolute atomic E-state index is 0.173. The van der Waals surface area contributed by atoms with E-state index in [1.165, 1.54) is 5.56 Å². The predicted octanol–water partition coefficient (Wildman–Crippen LogP) is 7.17. The lowest BCUT2D eigenvalue weighted by atomic mass is 9.97. The van der Waals surface area contributed by atoms with Crippen LogP contribution in [0.25, 0.3) is 21.5 Å². The number of esters is 2. The molecule has 0 fully saturated rings. The summed E-state index contributed by atoms with van der Waals surface area (Å²) in [5, 5.41) is 3.29. The van der Waals surface area contributed by atoms with Crippen molar-refractivity contribution in [2.75, 3.05) is 26.4 Å². The van der Waals surface area contributed by atoms with E-state index in [2.05, 4.69) is 32.9 Å². The van der Waals surface area contributed by atoms with Gasteiger partial charge in [-0.25, -0.2) is 9.59 Å². The number of carbonyl (C=O) groups is 2. The molecule has 6 heteroatoms. The number of hydrogen-bond donors (Lipinski definition) is 0. The third kappa shape index (κ3) is 8.11. The number of aryl methyl sites for hydroxylation is 1. The van der Waals surface area contributed by atoms with Crippen LogP contribution in [0.3, 0.4) is 0 Å². The minimum atomic E-state index is -0.387. The zero-order chi connectivity index (χ0) is 26.5. The topological polar surface area (TPSA) is 71.1 Å². The number of fused-ring (bicyclic) bond motifs is 2. The summed E-state index contributed by atoms with van der Waals surface area (Å²) in [5.74, 6) is 0.448. The van der Waals surface area contributed by atoms with Crippen LogP contribution in [-0.2, 0) is 25.5 Å². The van der Waals surface area contributed by atoms with Gasteiger partial charge in [-0.3, -0.25) is 0 Å². The van der Waals surface area contributed by atoms with Crippen molar-refractivity contribution in [2.45, 2.75) is 72.1 Å². The van der Waals surface area contributed by atoms with Gasteiger partial charge >= 0.3 is 11.9 Å². The molecular weight excluding hydrogens is 468 g/mol. The maximum Gasteiger partial charge on any atom is 0.344 e. The van der Waals surface area contributed by atoms with Crippen LogP contribution in [-0.4, -0.2) is 38.4 Å². The third-order valence-electron chi connectivity index (χ3n) is 6.22. The number of rotatable bonds is 16. The Morgan fingerprint density at radius 2 is 1.14 bits per heavy atom. The first-order valence-electron chi connectivity index (χ1n) is 13.6. The molecule has 200 valence electrons. The van der Waals surface area contributed by atoms with Gasteiger partial charge in [0.1, 0.15) is 11.5 Å². The zero-order valence-electron chi connectivity index (χ0n) is 22.5. The Kier molecular flexibility index (Phi) is 11.5. The van der Waals surface area contributed by atoms with Crippen molar-refractivity contribution in [3.8, 4) is 11.5 Å². The number of unbranched alkanes of at least 4 members (excludes halogenated alkanes) is 4. The summed E-state index contributed by atoms with van der Waals surface area (Å²) in [6.07, 6.45) is 7.81. The van der Waals surface area contributed by atoms with E-state index < -0.39 is 0 Å². The van der Waals surface area contributed by atoms with E-state index in [-0.39, 0.29) is 25.2 Å². The van der Waals surface area contributed by atoms with Gasteiger partial charge in [0.2, 0.25) is 0 Å². The van der Waals surface area contributed by atoms with Gasteiger partial charge in [0.15, 0.2) is 13.2 Å². The molecule has 0 aromatic heterocycles. The second-order valence-electron chi connectivity index (χ2n) is 9.27. The summed E-state index contributed by atoms with van der Waals surface area (Å²) >= 11 is 0. The second-order valence-corrected chi connectivity index (χ2v) is 9.27. The quantitative estimate of drug-likeness (QED) is 0.116. The molecule has 0 unspecified atom stereocenters. The van der Waals surface area contributed by atoms with E-state index in [0.717, 1.165) is 72.9 Å². The summed E-state index contributed by atoms with van der Waals surface area (Å²) in [4.78, 5) is 24.7. The first-order chi connectivity index (χ1) is 18.1. The zero-order valence-corrected chi connectivity index (χ0v) is 22.5. The highest BCUT2D eigenvalue weighted by atomic mass is 16.6. The lowest BCUT2D eigenvalue weighted by molar-refractivity contribution is -0.147. The van der Waals surface area contributed by atoms with Gasteiger partial charge < -0.3 is 18.9 Å². The molecule has 37 heavy (non-hydrogen) atoms. The molecule has 3 rings (SSSR count). The summed E-state index contributed by atoms with van der Waals surface area (Å²) in [6, 6.07) is 13.9. The maximum atomic E-state index is 12.4. The van der Waals surface area contributed by atoms with Crippen LogP contribution >= 0.6 is 0 Å². The third-order valence-corrected chi connectivity index (χ3v) is 6.22. The largest absolute Gasteiger partial charge is 0.481 e. The summed E-state index contributed by atoms with van der Waals surface area (Å²) in [7, 11) is 0. The van der Waals surface area contributed by atoms with Crippen LogP contribution in [0.4, 0.5) is 0 Å². The Bertz CT molecular complexity index is 1170. The molecule has 0 atom stereocenters. The van der Waals surface area contributed by atoms with Gasteiger partial charge in [-0.05, 0) is 30.9 Å². The fourth-order valence-electron chi connectivity index (χ4n) is 4.32. The fourth-order valence-corrected chi connectivity index (χ4v) is 4.32. The molecule has 0 heterocycles. The molecule has 0 aliphatic rings. The maximum absolute atomic E-state index is 12.4. The first kappa shape index (κ1) is 28.3. The van der Waals surface area contributed by atoms with Gasteiger partial charge in [-0.1, -0.05) is 89.3 Å². The van der Waals surface area contributed by atoms with Crippen LogP contribution in [0.2, 0.25) is 0 Å². The van der Waals surface area contributed by atoms with Crippen molar-refractivity contribution >= 4 is 33.5 Å². The Labute approximate surface area is 220 Å². The lowest BCUT2D eigenvalue weighted by Crippen LogP contribution is -2.17. The molecule has 0 N–H and O–H groups in total. The van der Waals surface area contributed by atoms with Gasteiger partial charge in [0.25, 0.3) is 0 Å². The van der Waals surface area contributed by atoms with Gasteiger partial charge in [0.05, 0.1) is 13.2 Å². The van der Waals surface area contributed by atoms with Gasteiger partial charge in [-0.15, -0.1) is 0 Å². The highest BCUT2D eigenvalue weighted by molar-refractivity contribution is 6.11. The SMILES string of the molecule is CCCCCOC(=O)COc1c2ccccc2c(OCC(=O)OCCCCC)c2cc(CCC)ccc12. The monoisotopic (exact) mass is 508 g/mol. The second kappa shape index (κ2) is 15.1. The molecule has 0 saturated heterocycles. The van der Waals surface area contributed by atoms with Crippen molar-refractivity contribution < 1.29 is 28.5 Å².